The summed E-state index contributed by atoms with van der Waals surface area (Å²) in [5, 5.41) is 4.33. The van der Waals surface area contributed by atoms with E-state index in [1.54, 1.807) is 10.7 Å². The third-order valence-electron chi connectivity index (χ3n) is 2.95. The molecule has 108 valence electrons. The highest BCUT2D eigenvalue weighted by Crippen LogP contribution is 2.25. The topological polar surface area (TPSA) is 60.9 Å². The van der Waals surface area contributed by atoms with Gasteiger partial charge in [0.2, 0.25) is 0 Å². The van der Waals surface area contributed by atoms with E-state index in [9.17, 15) is 4.79 Å². The second-order valence-electron chi connectivity index (χ2n) is 4.38. The van der Waals surface area contributed by atoms with E-state index in [0.29, 0.717) is 22.6 Å². The van der Waals surface area contributed by atoms with Gasteiger partial charge in [0.15, 0.2) is 5.78 Å². The molecule has 1 heterocycles. The third kappa shape index (κ3) is 3.12. The summed E-state index contributed by atoms with van der Waals surface area (Å²) in [6.45, 7) is 4.58. The van der Waals surface area contributed by atoms with Gasteiger partial charge in [0.25, 0.3) is 0 Å². The Morgan fingerprint density at radius 2 is 2.05 bits per heavy atom. The Balaban J connectivity index is 0.00000200. The lowest BCUT2D eigenvalue weighted by Gasteiger charge is -2.05. The number of anilines is 1. The molecule has 0 atom stereocenters. The number of carbonyl (C=O) groups excluding carboxylic acids is 1. The Bertz CT molecular complexity index is 623. The normalized spacial score (nSPS) is 10.2. The molecule has 0 bridgehead atoms. The molecule has 0 radical (unpaired) electrons. The largest absolute Gasteiger partial charge is 0.383 e. The summed E-state index contributed by atoms with van der Waals surface area (Å²) >= 11 is 3.39. The first kappa shape index (κ1) is 16.9. The quantitative estimate of drug-likeness (QED) is 0.792. The molecule has 0 saturated carbocycles. The molecular weight excluding hydrogens is 386 g/mol. The molecule has 0 aliphatic carbocycles. The molecule has 1 aromatic heterocycles. The molecule has 0 amide bonds. The molecule has 2 rings (SSSR count). The summed E-state index contributed by atoms with van der Waals surface area (Å²) < 4.78 is 2.46. The lowest BCUT2D eigenvalue weighted by Crippen LogP contribution is -2.09. The Morgan fingerprint density at radius 1 is 1.40 bits per heavy atom. The number of halogens is 2. The Labute approximate surface area is 137 Å². The van der Waals surface area contributed by atoms with E-state index in [1.807, 2.05) is 32.0 Å². The minimum atomic E-state index is -0.0928. The maximum absolute atomic E-state index is 12.6. The van der Waals surface area contributed by atoms with E-state index in [1.165, 1.54) is 0 Å². The van der Waals surface area contributed by atoms with Crippen LogP contribution in [-0.2, 0) is 6.54 Å². The fraction of sp³-hybridized carbons (Fsp3) is 0.286. The number of ketones is 1. The van der Waals surface area contributed by atoms with Gasteiger partial charge in [0.1, 0.15) is 5.82 Å². The first-order valence-corrected chi connectivity index (χ1v) is 6.97. The average molecular weight is 403 g/mol. The van der Waals surface area contributed by atoms with E-state index >= 15 is 0 Å². The zero-order valence-corrected chi connectivity index (χ0v) is 14.7. The maximum atomic E-state index is 12.6. The zero-order chi connectivity index (χ0) is 14.0. The van der Waals surface area contributed by atoms with Crippen molar-refractivity contribution >= 4 is 44.5 Å². The molecule has 0 saturated heterocycles. The van der Waals surface area contributed by atoms with Crippen LogP contribution in [0.1, 0.15) is 35.0 Å². The van der Waals surface area contributed by atoms with Gasteiger partial charge in [0.05, 0.1) is 11.3 Å². The summed E-state index contributed by atoms with van der Waals surface area (Å²) in [6.07, 6.45) is 0.925. The number of nitrogens with zero attached hydrogens (tertiary/aromatic N) is 2. The number of nitrogen functional groups attached to an aromatic ring is 1. The van der Waals surface area contributed by atoms with Crippen molar-refractivity contribution in [3.63, 3.8) is 0 Å². The van der Waals surface area contributed by atoms with Gasteiger partial charge in [-0.2, -0.15) is 5.10 Å². The molecule has 20 heavy (non-hydrogen) atoms. The molecule has 0 unspecified atom stereocenters. The monoisotopic (exact) mass is 401 g/mol. The lowest BCUT2D eigenvalue weighted by atomic mass is 10.0. The van der Waals surface area contributed by atoms with Crippen molar-refractivity contribution in [3.8, 4) is 0 Å². The molecule has 0 spiro atoms. The highest BCUT2D eigenvalue weighted by molar-refractivity contribution is 9.10. The highest BCUT2D eigenvalue weighted by atomic mass is 79.9. The highest BCUT2D eigenvalue weighted by Gasteiger charge is 2.21. The Hall–Kier alpha value is -1.14. The predicted octanol–water partition coefficient (Wildman–Crippen LogP) is 3.76. The van der Waals surface area contributed by atoms with Crippen LogP contribution in [0.25, 0.3) is 0 Å². The third-order valence-corrected chi connectivity index (χ3v) is 3.64. The molecule has 0 aliphatic rings. The molecule has 0 fully saturated rings. The molecule has 4 nitrogen and oxygen atoms in total. The minimum absolute atomic E-state index is 0. The van der Waals surface area contributed by atoms with Crippen LogP contribution in [0.15, 0.2) is 28.7 Å². The smallest absolute Gasteiger partial charge is 0.199 e. The predicted molar refractivity (Wildman–Crippen MR) is 89.6 cm³/mol. The summed E-state index contributed by atoms with van der Waals surface area (Å²) in [7, 11) is 0. The summed E-state index contributed by atoms with van der Waals surface area (Å²) in [6, 6.07) is 7.33. The SMILES string of the molecule is Br.CCCn1nc(C)c(C(=O)c2ccccc2Br)c1N. The standard InChI is InChI=1S/C14H16BrN3O.BrH/c1-3-8-18-14(16)12(9(2)17-18)13(19)10-6-4-5-7-11(10)15;/h4-7H,3,8,16H2,1-2H3;1H. The molecular formula is C14H17Br2N3O. The Morgan fingerprint density at radius 3 is 2.65 bits per heavy atom. The van der Waals surface area contributed by atoms with Crippen molar-refractivity contribution in [2.75, 3.05) is 5.73 Å². The minimum Gasteiger partial charge on any atom is -0.383 e. The Kier molecular flexibility index (Phi) is 5.95. The fourth-order valence-electron chi connectivity index (χ4n) is 2.04. The van der Waals surface area contributed by atoms with Crippen LogP contribution in [0.5, 0.6) is 0 Å². The van der Waals surface area contributed by atoms with Gasteiger partial charge in [-0.15, -0.1) is 17.0 Å². The van der Waals surface area contributed by atoms with Gasteiger partial charge in [-0.25, -0.2) is 4.68 Å². The number of nitrogens with two attached hydrogens (primary N) is 1. The first-order valence-electron chi connectivity index (χ1n) is 6.18. The van der Waals surface area contributed by atoms with Crippen LogP contribution in [0.3, 0.4) is 0 Å². The van der Waals surface area contributed by atoms with Gasteiger partial charge < -0.3 is 5.73 Å². The van der Waals surface area contributed by atoms with Crippen LogP contribution >= 0.6 is 32.9 Å². The number of hydrogen-bond donors (Lipinski definition) is 1. The van der Waals surface area contributed by atoms with Crippen LogP contribution in [0, 0.1) is 6.92 Å². The van der Waals surface area contributed by atoms with Crippen molar-refractivity contribution in [2.24, 2.45) is 0 Å². The van der Waals surface area contributed by atoms with Crippen molar-refractivity contribution in [2.45, 2.75) is 26.8 Å². The van der Waals surface area contributed by atoms with Crippen molar-refractivity contribution in [1.29, 1.82) is 0 Å². The van der Waals surface area contributed by atoms with E-state index in [2.05, 4.69) is 21.0 Å². The lowest BCUT2D eigenvalue weighted by molar-refractivity contribution is 0.103. The van der Waals surface area contributed by atoms with Gasteiger partial charge in [0, 0.05) is 16.6 Å². The fourth-order valence-corrected chi connectivity index (χ4v) is 2.51. The average Bonchev–Trinajstić information content (AvgIpc) is 2.65. The van der Waals surface area contributed by atoms with Crippen LogP contribution in [0.2, 0.25) is 0 Å². The van der Waals surface area contributed by atoms with Gasteiger partial charge in [-0.05, 0) is 25.5 Å². The molecule has 0 aliphatic heterocycles. The molecule has 6 heteroatoms. The summed E-state index contributed by atoms with van der Waals surface area (Å²) in [4.78, 5) is 12.6. The number of aryl methyl sites for hydroxylation is 2. The van der Waals surface area contributed by atoms with Crippen molar-refractivity contribution in [1.82, 2.24) is 9.78 Å². The first-order chi connectivity index (χ1) is 9.06. The van der Waals surface area contributed by atoms with Crippen LogP contribution < -0.4 is 5.73 Å². The number of benzene rings is 1. The number of hydrogen-bond acceptors (Lipinski definition) is 3. The molecule has 2 aromatic rings. The summed E-state index contributed by atoms with van der Waals surface area (Å²) in [5.41, 5.74) is 7.82. The number of rotatable bonds is 4. The van der Waals surface area contributed by atoms with Gasteiger partial charge in [-0.1, -0.05) is 35.0 Å². The van der Waals surface area contributed by atoms with Crippen molar-refractivity contribution < 1.29 is 4.79 Å². The van der Waals surface area contributed by atoms with Gasteiger partial charge in [-0.3, -0.25) is 4.79 Å². The van der Waals surface area contributed by atoms with E-state index in [-0.39, 0.29) is 22.8 Å². The van der Waals surface area contributed by atoms with Crippen molar-refractivity contribution in [3.05, 3.63) is 45.6 Å². The van der Waals surface area contributed by atoms with Gasteiger partial charge >= 0.3 is 0 Å². The number of carbonyl (C=O) groups is 1. The summed E-state index contributed by atoms with van der Waals surface area (Å²) in [5.74, 6) is 0.352. The second-order valence-corrected chi connectivity index (χ2v) is 5.23. The van der Waals surface area contributed by atoms with E-state index < -0.39 is 0 Å². The van der Waals surface area contributed by atoms with Crippen LogP contribution in [0.4, 0.5) is 5.82 Å². The maximum Gasteiger partial charge on any atom is 0.199 e. The number of aromatic nitrogens is 2. The van der Waals surface area contributed by atoms with E-state index in [0.717, 1.165) is 17.4 Å². The second kappa shape index (κ2) is 7.04. The van der Waals surface area contributed by atoms with E-state index in [4.69, 9.17) is 5.73 Å². The molecule has 2 N–H and O–H groups in total. The zero-order valence-electron chi connectivity index (χ0n) is 11.4. The van der Waals surface area contributed by atoms with Crippen LogP contribution in [-0.4, -0.2) is 15.6 Å². The molecule has 1 aromatic carbocycles.